The Balaban J connectivity index is 1.58. The summed E-state index contributed by atoms with van der Waals surface area (Å²) in [5.41, 5.74) is 5.55. The van der Waals surface area contributed by atoms with Crippen molar-refractivity contribution in [3.63, 3.8) is 0 Å². The molecule has 1 saturated carbocycles. The van der Waals surface area contributed by atoms with E-state index in [-0.39, 0.29) is 11.8 Å². The molecule has 1 amide bonds. The number of rotatable bonds is 8. The minimum Gasteiger partial charge on any atom is -0.478 e. The summed E-state index contributed by atoms with van der Waals surface area (Å²) in [4.78, 5) is 33.2. The van der Waals surface area contributed by atoms with Crippen molar-refractivity contribution in [3.8, 4) is 11.1 Å². The van der Waals surface area contributed by atoms with E-state index in [0.29, 0.717) is 6.54 Å². The summed E-state index contributed by atoms with van der Waals surface area (Å²) in [6.07, 6.45) is 9.65. The van der Waals surface area contributed by atoms with Gasteiger partial charge in [-0.2, -0.15) is 0 Å². The summed E-state index contributed by atoms with van der Waals surface area (Å²) in [5.74, 6) is -0.887. The van der Waals surface area contributed by atoms with Gasteiger partial charge in [0.15, 0.2) is 0 Å². The van der Waals surface area contributed by atoms with Crippen LogP contribution in [-0.2, 0) is 16.1 Å². The van der Waals surface area contributed by atoms with Gasteiger partial charge in [0.05, 0.1) is 12.2 Å². The van der Waals surface area contributed by atoms with Gasteiger partial charge < -0.3 is 14.9 Å². The first-order valence-corrected chi connectivity index (χ1v) is 12.5. The minimum absolute atomic E-state index is 0.00597. The largest absolute Gasteiger partial charge is 0.478 e. The monoisotopic (exact) mass is 483 g/mol. The van der Waals surface area contributed by atoms with E-state index in [9.17, 15) is 9.59 Å². The molecule has 36 heavy (non-hydrogen) atoms. The molecule has 0 bridgehead atoms. The fourth-order valence-corrected chi connectivity index (χ4v) is 4.63. The molecule has 1 N–H and O–H groups in total. The Kier molecular flexibility index (Phi) is 8.16. The number of amides is 1. The van der Waals surface area contributed by atoms with Crippen LogP contribution in [0.1, 0.15) is 43.4 Å². The Morgan fingerprint density at radius 1 is 0.944 bits per heavy atom. The standard InChI is InChI=1S/C30H33N3O3/c1-32(2)27-16-13-23(14-17-27)25-12-15-26(31-20-25)21-33(30(36)24-8-4-3-5-9-24)28-10-6-7-22(19-28)11-18-29(34)35/h6-7,10-20,24H,3-5,8-9,21H2,1-2H3,(H,34,35)/b18-11+. The van der Waals surface area contributed by atoms with E-state index in [1.807, 2.05) is 61.6 Å². The normalized spacial score (nSPS) is 14.1. The molecule has 0 saturated heterocycles. The highest BCUT2D eigenvalue weighted by Crippen LogP contribution is 2.29. The zero-order valence-electron chi connectivity index (χ0n) is 20.9. The Morgan fingerprint density at radius 3 is 2.31 bits per heavy atom. The van der Waals surface area contributed by atoms with Crippen molar-refractivity contribution in [1.82, 2.24) is 4.98 Å². The van der Waals surface area contributed by atoms with Gasteiger partial charge in [-0.15, -0.1) is 0 Å². The first-order chi connectivity index (χ1) is 17.4. The smallest absolute Gasteiger partial charge is 0.328 e. The third-order valence-corrected chi connectivity index (χ3v) is 6.68. The van der Waals surface area contributed by atoms with Crippen LogP contribution in [-0.4, -0.2) is 36.1 Å². The molecule has 0 spiro atoms. The maximum absolute atomic E-state index is 13.6. The third kappa shape index (κ3) is 6.39. The Hall–Kier alpha value is -3.93. The SMILES string of the molecule is CN(C)c1ccc(-c2ccc(CN(C(=O)C3CCCCC3)c3cccc(/C=C/C(=O)O)c3)nc2)cc1. The van der Waals surface area contributed by atoms with Crippen molar-refractivity contribution < 1.29 is 14.7 Å². The molecule has 3 aromatic rings. The fourth-order valence-electron chi connectivity index (χ4n) is 4.63. The molecule has 0 aliphatic heterocycles. The van der Waals surface area contributed by atoms with Crippen LogP contribution in [0.4, 0.5) is 11.4 Å². The number of hydrogen-bond donors (Lipinski definition) is 1. The van der Waals surface area contributed by atoms with Crippen molar-refractivity contribution in [1.29, 1.82) is 0 Å². The average Bonchev–Trinajstić information content (AvgIpc) is 2.91. The van der Waals surface area contributed by atoms with E-state index in [4.69, 9.17) is 10.1 Å². The Morgan fingerprint density at radius 2 is 1.67 bits per heavy atom. The number of hydrogen-bond acceptors (Lipinski definition) is 4. The molecule has 1 aliphatic rings. The number of anilines is 2. The number of aliphatic carboxylic acids is 1. The number of carbonyl (C=O) groups excluding carboxylic acids is 1. The lowest BCUT2D eigenvalue weighted by Gasteiger charge is -2.29. The van der Waals surface area contributed by atoms with Gasteiger partial charge in [-0.25, -0.2) is 4.79 Å². The van der Waals surface area contributed by atoms with Crippen LogP contribution >= 0.6 is 0 Å². The van der Waals surface area contributed by atoms with E-state index >= 15 is 0 Å². The Labute approximate surface area is 212 Å². The van der Waals surface area contributed by atoms with E-state index in [2.05, 4.69) is 29.2 Å². The summed E-state index contributed by atoms with van der Waals surface area (Å²) in [5, 5.41) is 8.99. The number of aromatic nitrogens is 1. The first-order valence-electron chi connectivity index (χ1n) is 12.5. The summed E-state index contributed by atoms with van der Waals surface area (Å²) < 4.78 is 0. The van der Waals surface area contributed by atoms with Gasteiger partial charge in [0.2, 0.25) is 5.91 Å². The molecule has 186 valence electrons. The van der Waals surface area contributed by atoms with Crippen LogP contribution in [0.2, 0.25) is 0 Å². The minimum atomic E-state index is -1.00. The molecule has 1 aliphatic carbocycles. The predicted molar refractivity (Wildman–Crippen MR) is 145 cm³/mol. The second-order valence-corrected chi connectivity index (χ2v) is 9.51. The number of nitrogens with zero attached hydrogens (tertiary/aromatic N) is 3. The molecule has 0 radical (unpaired) electrons. The van der Waals surface area contributed by atoms with Gasteiger partial charge >= 0.3 is 5.97 Å². The van der Waals surface area contributed by atoms with Gasteiger partial charge in [0.25, 0.3) is 0 Å². The molecule has 0 atom stereocenters. The second-order valence-electron chi connectivity index (χ2n) is 9.51. The topological polar surface area (TPSA) is 73.7 Å². The van der Waals surface area contributed by atoms with Crippen LogP contribution in [0, 0.1) is 5.92 Å². The predicted octanol–water partition coefficient (Wildman–Crippen LogP) is 6.03. The molecule has 1 heterocycles. The number of carboxylic acid groups (broad SMARTS) is 1. The van der Waals surface area contributed by atoms with Crippen LogP contribution in [0.25, 0.3) is 17.2 Å². The summed E-state index contributed by atoms with van der Waals surface area (Å²) >= 11 is 0. The lowest BCUT2D eigenvalue weighted by molar-refractivity contribution is -0.131. The fraction of sp³-hybridized carbons (Fsp3) is 0.300. The maximum atomic E-state index is 13.6. The van der Waals surface area contributed by atoms with Crippen molar-refractivity contribution in [2.45, 2.75) is 38.6 Å². The highest BCUT2D eigenvalue weighted by molar-refractivity contribution is 5.95. The number of carbonyl (C=O) groups is 2. The lowest BCUT2D eigenvalue weighted by Crippen LogP contribution is -2.37. The summed E-state index contributed by atoms with van der Waals surface area (Å²) in [6, 6.07) is 19.8. The number of carboxylic acids is 1. The van der Waals surface area contributed by atoms with Crippen molar-refractivity contribution >= 4 is 29.3 Å². The van der Waals surface area contributed by atoms with Gasteiger partial charge in [-0.3, -0.25) is 9.78 Å². The van der Waals surface area contributed by atoms with Crippen LogP contribution < -0.4 is 9.80 Å². The summed E-state index contributed by atoms with van der Waals surface area (Å²) in [7, 11) is 4.04. The van der Waals surface area contributed by atoms with E-state index in [1.54, 1.807) is 6.08 Å². The van der Waals surface area contributed by atoms with E-state index in [0.717, 1.165) is 65.5 Å². The first kappa shape index (κ1) is 25.2. The van der Waals surface area contributed by atoms with Gasteiger partial charge in [-0.05, 0) is 60.4 Å². The molecular formula is C30H33N3O3. The average molecular weight is 484 g/mol. The lowest BCUT2D eigenvalue weighted by atomic mass is 9.88. The van der Waals surface area contributed by atoms with E-state index in [1.165, 1.54) is 6.42 Å². The van der Waals surface area contributed by atoms with E-state index < -0.39 is 5.97 Å². The molecule has 6 heteroatoms. The van der Waals surface area contributed by atoms with Gasteiger partial charge in [-0.1, -0.05) is 49.6 Å². The molecule has 2 aromatic carbocycles. The van der Waals surface area contributed by atoms with Crippen molar-refractivity contribution in [3.05, 3.63) is 84.2 Å². The maximum Gasteiger partial charge on any atom is 0.328 e. The molecule has 1 aromatic heterocycles. The zero-order valence-corrected chi connectivity index (χ0v) is 20.9. The molecule has 1 fully saturated rings. The molecular weight excluding hydrogens is 450 g/mol. The molecule has 4 rings (SSSR count). The molecule has 6 nitrogen and oxygen atoms in total. The van der Waals surface area contributed by atoms with Crippen LogP contribution in [0.3, 0.4) is 0 Å². The van der Waals surface area contributed by atoms with Crippen molar-refractivity contribution in [2.75, 3.05) is 23.9 Å². The second kappa shape index (κ2) is 11.7. The van der Waals surface area contributed by atoms with Crippen LogP contribution in [0.15, 0.2) is 72.9 Å². The van der Waals surface area contributed by atoms with Gasteiger partial charge in [0.1, 0.15) is 0 Å². The highest BCUT2D eigenvalue weighted by Gasteiger charge is 2.27. The quantitative estimate of drug-likeness (QED) is 0.396. The number of benzene rings is 2. The highest BCUT2D eigenvalue weighted by atomic mass is 16.4. The van der Waals surface area contributed by atoms with Crippen molar-refractivity contribution in [2.24, 2.45) is 5.92 Å². The van der Waals surface area contributed by atoms with Crippen LogP contribution in [0.5, 0.6) is 0 Å². The third-order valence-electron chi connectivity index (χ3n) is 6.68. The summed E-state index contributed by atoms with van der Waals surface area (Å²) in [6.45, 7) is 0.362. The Bertz CT molecular complexity index is 1210. The molecule has 0 unspecified atom stereocenters. The zero-order chi connectivity index (χ0) is 25.5. The number of pyridine rings is 1. The van der Waals surface area contributed by atoms with Gasteiger partial charge in [0, 0.05) is 49.2 Å².